The molecule has 6 heteroatoms. The van der Waals surface area contributed by atoms with Crippen LogP contribution in [0, 0.1) is 0 Å². The zero-order valence-corrected chi connectivity index (χ0v) is 48.7. The molecule has 0 saturated heterocycles. The first-order valence-electron chi connectivity index (χ1n) is 32.6. The van der Waals surface area contributed by atoms with Gasteiger partial charge in [-0.15, -0.1) is 0 Å². The third kappa shape index (κ3) is 57.6. The molecule has 0 aliphatic heterocycles. The Bertz CT molecular complexity index is 1120. The van der Waals surface area contributed by atoms with Crippen molar-refractivity contribution in [1.82, 2.24) is 5.32 Å². The Morgan fingerprint density at radius 1 is 0.375 bits per heavy atom. The molecule has 0 aromatic carbocycles. The Balaban J connectivity index is 3.43. The van der Waals surface area contributed by atoms with E-state index in [0.717, 1.165) is 44.9 Å². The fraction of sp³-hybridized carbons (Fsp3) is 0.909. The maximum Gasteiger partial charge on any atom is 0.305 e. The minimum Gasteiger partial charge on any atom is -0.466 e. The highest BCUT2D eigenvalue weighted by atomic mass is 16.5. The van der Waals surface area contributed by atoms with Crippen molar-refractivity contribution in [3.05, 3.63) is 24.3 Å². The molecule has 0 aliphatic carbocycles. The highest BCUT2D eigenvalue weighted by molar-refractivity contribution is 5.76. The number of esters is 1. The minimum absolute atomic E-state index is 0.00226. The summed E-state index contributed by atoms with van der Waals surface area (Å²) in [5, 5.41) is 23.4. The molecule has 0 radical (unpaired) electrons. The number of allylic oxidation sites excluding steroid dienone is 4. The average Bonchev–Trinajstić information content (AvgIpc) is 3.38. The van der Waals surface area contributed by atoms with E-state index in [1.807, 2.05) is 0 Å². The SMILES string of the molecule is CCCC/C=C\CCCCCCCC(=O)OCCCCCCCCCCCC/C=C\CCCCCCCCCC(=O)NC(CO)C(O)CCCCCCCCCCCCCCCCCCCCCCCCC. The molecule has 2 unspecified atom stereocenters. The van der Waals surface area contributed by atoms with Gasteiger partial charge in [0.1, 0.15) is 0 Å². The van der Waals surface area contributed by atoms with Gasteiger partial charge >= 0.3 is 5.97 Å². The lowest BCUT2D eigenvalue weighted by Gasteiger charge is -2.22. The van der Waals surface area contributed by atoms with Gasteiger partial charge in [0, 0.05) is 12.8 Å². The molecule has 0 aromatic rings. The molecule has 0 fully saturated rings. The number of hydrogen-bond acceptors (Lipinski definition) is 5. The molecule has 3 N–H and O–H groups in total. The zero-order valence-electron chi connectivity index (χ0n) is 48.7. The molecule has 1 amide bonds. The minimum atomic E-state index is -0.670. The van der Waals surface area contributed by atoms with Crippen molar-refractivity contribution < 1.29 is 24.5 Å². The molecule has 0 aliphatic rings. The first-order valence-corrected chi connectivity index (χ1v) is 32.6. The predicted octanol–water partition coefficient (Wildman–Crippen LogP) is 20.6. The molecule has 6 nitrogen and oxygen atoms in total. The molecular weight excluding hydrogens is 887 g/mol. The molecule has 2 atom stereocenters. The van der Waals surface area contributed by atoms with Crippen LogP contribution in [0.25, 0.3) is 0 Å². The Labute approximate surface area is 450 Å². The number of unbranched alkanes of at least 4 members (excludes halogenated alkanes) is 46. The molecule has 72 heavy (non-hydrogen) atoms. The number of aliphatic hydroxyl groups is 2. The van der Waals surface area contributed by atoms with Gasteiger partial charge in [0.2, 0.25) is 5.91 Å². The van der Waals surface area contributed by atoms with Gasteiger partial charge < -0.3 is 20.3 Å². The number of amides is 1. The Kier molecular flexibility index (Phi) is 60.5. The van der Waals surface area contributed by atoms with Gasteiger partial charge in [-0.05, 0) is 70.6 Å². The summed E-state index contributed by atoms with van der Waals surface area (Å²) in [7, 11) is 0. The van der Waals surface area contributed by atoms with Gasteiger partial charge in [0.05, 0.1) is 25.4 Å². The summed E-state index contributed by atoms with van der Waals surface area (Å²) in [4.78, 5) is 24.5. The highest BCUT2D eigenvalue weighted by Crippen LogP contribution is 2.18. The lowest BCUT2D eigenvalue weighted by atomic mass is 10.0. The van der Waals surface area contributed by atoms with E-state index in [0.29, 0.717) is 25.9 Å². The Morgan fingerprint density at radius 2 is 0.667 bits per heavy atom. The molecule has 426 valence electrons. The van der Waals surface area contributed by atoms with Crippen LogP contribution in [0.5, 0.6) is 0 Å². The molecule has 0 aromatic heterocycles. The molecule has 0 bridgehead atoms. The number of carbonyl (C=O) groups is 2. The van der Waals surface area contributed by atoms with Crippen molar-refractivity contribution in [1.29, 1.82) is 0 Å². The van der Waals surface area contributed by atoms with E-state index in [-0.39, 0.29) is 18.5 Å². The summed E-state index contributed by atoms with van der Waals surface area (Å²) >= 11 is 0. The van der Waals surface area contributed by atoms with Gasteiger partial charge in [0.15, 0.2) is 0 Å². The number of ether oxygens (including phenoxy) is 1. The Morgan fingerprint density at radius 3 is 1.03 bits per heavy atom. The second kappa shape index (κ2) is 61.9. The fourth-order valence-electron chi connectivity index (χ4n) is 10.2. The van der Waals surface area contributed by atoms with Crippen molar-refractivity contribution >= 4 is 11.9 Å². The van der Waals surface area contributed by atoms with E-state index in [2.05, 4.69) is 43.5 Å². The van der Waals surface area contributed by atoms with Crippen LogP contribution in [0.3, 0.4) is 0 Å². The first kappa shape index (κ1) is 70.3. The molecule has 0 heterocycles. The van der Waals surface area contributed by atoms with Gasteiger partial charge in [-0.25, -0.2) is 0 Å². The van der Waals surface area contributed by atoms with E-state index in [4.69, 9.17) is 4.74 Å². The maximum absolute atomic E-state index is 12.5. The number of carbonyl (C=O) groups excluding carboxylic acids is 2. The summed E-state index contributed by atoms with van der Waals surface area (Å²) in [6.07, 6.45) is 76.3. The Hall–Kier alpha value is -1.66. The van der Waals surface area contributed by atoms with E-state index in [9.17, 15) is 19.8 Å². The van der Waals surface area contributed by atoms with Crippen LogP contribution in [0.15, 0.2) is 24.3 Å². The summed E-state index contributed by atoms with van der Waals surface area (Å²) < 4.78 is 5.46. The van der Waals surface area contributed by atoms with Crippen LogP contribution >= 0.6 is 0 Å². The smallest absolute Gasteiger partial charge is 0.305 e. The van der Waals surface area contributed by atoms with Crippen LogP contribution in [0.1, 0.15) is 361 Å². The lowest BCUT2D eigenvalue weighted by Crippen LogP contribution is -2.45. The number of nitrogens with one attached hydrogen (secondary N) is 1. The summed E-state index contributed by atoms with van der Waals surface area (Å²) in [6, 6.07) is -0.548. The van der Waals surface area contributed by atoms with Crippen molar-refractivity contribution in [2.45, 2.75) is 373 Å². The van der Waals surface area contributed by atoms with E-state index in [1.54, 1.807) is 0 Å². The van der Waals surface area contributed by atoms with Crippen LogP contribution in [0.2, 0.25) is 0 Å². The second-order valence-corrected chi connectivity index (χ2v) is 22.4. The zero-order chi connectivity index (χ0) is 52.2. The van der Waals surface area contributed by atoms with Crippen LogP contribution < -0.4 is 5.32 Å². The van der Waals surface area contributed by atoms with Crippen molar-refractivity contribution in [2.24, 2.45) is 0 Å². The summed E-state index contributed by atoms with van der Waals surface area (Å²) in [6.45, 7) is 4.93. The van der Waals surface area contributed by atoms with Crippen LogP contribution in [0.4, 0.5) is 0 Å². The van der Waals surface area contributed by atoms with Crippen LogP contribution in [-0.2, 0) is 14.3 Å². The first-order chi connectivity index (χ1) is 35.5. The lowest BCUT2D eigenvalue weighted by molar-refractivity contribution is -0.143. The van der Waals surface area contributed by atoms with E-state index >= 15 is 0 Å². The standard InChI is InChI=1S/C66H127NO5/c1-3-5-7-9-11-13-15-16-17-18-19-20-21-23-26-29-32-35-39-42-46-50-54-58-64(69)63(62-68)67-65(70)59-55-51-47-43-40-36-33-30-27-24-22-25-28-31-34-37-41-45-49-53-57-61-72-66(71)60-56-52-48-44-38-14-12-10-8-6-4-2/h10,12,24,27,63-64,68-69H,3-9,11,13-23,25-26,28-62H2,1-2H3,(H,67,70)/b12-10-,27-24-. The van der Waals surface area contributed by atoms with Gasteiger partial charge in [-0.1, -0.05) is 301 Å². The molecule has 0 saturated carbocycles. The van der Waals surface area contributed by atoms with Crippen molar-refractivity contribution in [3.63, 3.8) is 0 Å². The van der Waals surface area contributed by atoms with Crippen molar-refractivity contribution in [3.8, 4) is 0 Å². The van der Waals surface area contributed by atoms with Gasteiger partial charge in [0.25, 0.3) is 0 Å². The number of rotatable bonds is 61. The quantitative estimate of drug-likeness (QED) is 0.0320. The van der Waals surface area contributed by atoms with E-state index in [1.165, 1.54) is 283 Å². The topological polar surface area (TPSA) is 95.9 Å². The fourth-order valence-corrected chi connectivity index (χ4v) is 10.2. The summed E-state index contributed by atoms with van der Waals surface area (Å²) in [5.74, 6) is -0.0413. The number of hydrogen-bond donors (Lipinski definition) is 3. The summed E-state index contributed by atoms with van der Waals surface area (Å²) in [5.41, 5.74) is 0. The maximum atomic E-state index is 12.5. The van der Waals surface area contributed by atoms with Gasteiger partial charge in [-0.3, -0.25) is 9.59 Å². The van der Waals surface area contributed by atoms with Crippen molar-refractivity contribution in [2.75, 3.05) is 13.2 Å². The van der Waals surface area contributed by atoms with Crippen LogP contribution in [-0.4, -0.2) is 47.4 Å². The predicted molar refractivity (Wildman–Crippen MR) is 315 cm³/mol. The molecular formula is C66H127NO5. The highest BCUT2D eigenvalue weighted by Gasteiger charge is 2.20. The molecule has 0 rings (SSSR count). The molecule has 0 spiro atoms. The average molecular weight is 1010 g/mol. The monoisotopic (exact) mass is 1010 g/mol. The van der Waals surface area contributed by atoms with E-state index < -0.39 is 12.1 Å². The largest absolute Gasteiger partial charge is 0.466 e. The van der Waals surface area contributed by atoms with Gasteiger partial charge in [-0.2, -0.15) is 0 Å². The normalized spacial score (nSPS) is 12.7. The number of aliphatic hydroxyl groups excluding tert-OH is 2. The third-order valence-electron chi connectivity index (χ3n) is 15.2. The third-order valence-corrected chi connectivity index (χ3v) is 15.2. The second-order valence-electron chi connectivity index (χ2n) is 22.4.